The first kappa shape index (κ1) is 19.8. The number of aromatic nitrogens is 1. The van der Waals surface area contributed by atoms with E-state index in [0.29, 0.717) is 22.0 Å². The fourth-order valence-corrected chi connectivity index (χ4v) is 4.20. The van der Waals surface area contributed by atoms with Crippen molar-refractivity contribution in [3.63, 3.8) is 0 Å². The van der Waals surface area contributed by atoms with E-state index >= 15 is 0 Å². The molecule has 1 fully saturated rings. The second kappa shape index (κ2) is 7.72. The molecule has 1 amide bonds. The van der Waals surface area contributed by atoms with Gasteiger partial charge in [-0.25, -0.2) is 9.37 Å². The number of hydrogen-bond acceptors (Lipinski definition) is 4. The molecular weight excluding hydrogens is 408 g/mol. The van der Waals surface area contributed by atoms with Crippen molar-refractivity contribution in [3.05, 3.63) is 59.4 Å². The van der Waals surface area contributed by atoms with E-state index in [-0.39, 0.29) is 18.2 Å². The largest absolute Gasteiger partial charge is 0.416 e. The van der Waals surface area contributed by atoms with Crippen molar-refractivity contribution in [3.8, 4) is 0 Å². The van der Waals surface area contributed by atoms with Crippen molar-refractivity contribution in [2.75, 3.05) is 18.1 Å². The summed E-state index contributed by atoms with van der Waals surface area (Å²) in [7, 11) is 0. The van der Waals surface area contributed by atoms with Crippen LogP contribution in [0.5, 0.6) is 0 Å². The van der Waals surface area contributed by atoms with Gasteiger partial charge in [-0.3, -0.25) is 9.69 Å². The summed E-state index contributed by atoms with van der Waals surface area (Å²) in [6.45, 7) is 0.820. The Hall–Kier alpha value is -2.52. The molecular formula is C20H16F4N2O2S. The normalized spacial score (nSPS) is 17.0. The van der Waals surface area contributed by atoms with Crippen LogP contribution in [0.2, 0.25) is 0 Å². The molecule has 29 heavy (non-hydrogen) atoms. The number of benzene rings is 2. The van der Waals surface area contributed by atoms with E-state index in [2.05, 4.69) is 4.98 Å². The van der Waals surface area contributed by atoms with E-state index in [1.54, 1.807) is 0 Å². The Morgan fingerprint density at radius 1 is 1.21 bits per heavy atom. The molecule has 4 rings (SSSR count). The SMILES string of the molecule is O=C(c1ccc(C(F)(F)F)cc1)N(CC1CCCO1)c1nc2ccc(F)cc2s1. The lowest BCUT2D eigenvalue weighted by Gasteiger charge is -2.23. The Labute approximate surface area is 167 Å². The van der Waals surface area contributed by atoms with Crippen molar-refractivity contribution in [2.24, 2.45) is 0 Å². The van der Waals surface area contributed by atoms with Gasteiger partial charge in [0, 0.05) is 12.2 Å². The number of fused-ring (bicyclic) bond motifs is 1. The Morgan fingerprint density at radius 3 is 2.62 bits per heavy atom. The molecule has 1 saturated heterocycles. The smallest absolute Gasteiger partial charge is 0.376 e. The number of rotatable bonds is 4. The highest BCUT2D eigenvalue weighted by molar-refractivity contribution is 7.22. The number of halogens is 4. The number of amides is 1. The second-order valence-corrected chi connectivity index (χ2v) is 7.74. The molecule has 0 saturated carbocycles. The first-order valence-electron chi connectivity index (χ1n) is 8.98. The van der Waals surface area contributed by atoms with Crippen LogP contribution in [0.25, 0.3) is 10.2 Å². The van der Waals surface area contributed by atoms with Gasteiger partial charge in [0.1, 0.15) is 5.82 Å². The van der Waals surface area contributed by atoms with Crippen molar-refractivity contribution in [2.45, 2.75) is 25.1 Å². The van der Waals surface area contributed by atoms with Gasteiger partial charge in [0.2, 0.25) is 0 Å². The maximum absolute atomic E-state index is 13.5. The lowest BCUT2D eigenvalue weighted by molar-refractivity contribution is -0.137. The van der Waals surface area contributed by atoms with E-state index in [1.807, 2.05) is 0 Å². The number of alkyl halides is 3. The number of nitrogens with zero attached hydrogens (tertiary/aromatic N) is 2. The molecule has 152 valence electrons. The fraction of sp³-hybridized carbons (Fsp3) is 0.300. The summed E-state index contributed by atoms with van der Waals surface area (Å²) in [5.41, 5.74) is -0.166. The Balaban J connectivity index is 1.68. The van der Waals surface area contributed by atoms with Crippen molar-refractivity contribution >= 4 is 32.6 Å². The fourth-order valence-electron chi connectivity index (χ4n) is 3.20. The Bertz CT molecular complexity index is 1030. The van der Waals surface area contributed by atoms with Crippen LogP contribution in [0.15, 0.2) is 42.5 Å². The van der Waals surface area contributed by atoms with Crippen LogP contribution in [-0.2, 0) is 10.9 Å². The third-order valence-electron chi connectivity index (χ3n) is 4.68. The predicted octanol–water partition coefficient (Wildman–Crippen LogP) is 5.28. The molecule has 1 atom stereocenters. The quantitative estimate of drug-likeness (QED) is 0.535. The lowest BCUT2D eigenvalue weighted by atomic mass is 10.1. The molecule has 9 heteroatoms. The molecule has 1 aliphatic rings. The van der Waals surface area contributed by atoms with Gasteiger partial charge in [-0.2, -0.15) is 13.2 Å². The van der Waals surface area contributed by atoms with Gasteiger partial charge < -0.3 is 4.74 Å². The van der Waals surface area contributed by atoms with Crippen LogP contribution in [-0.4, -0.2) is 30.1 Å². The second-order valence-electron chi connectivity index (χ2n) is 6.73. The molecule has 1 aliphatic heterocycles. The predicted molar refractivity (Wildman–Crippen MR) is 102 cm³/mol. The molecule has 0 aliphatic carbocycles. The summed E-state index contributed by atoms with van der Waals surface area (Å²) in [6.07, 6.45) is -3.01. The maximum Gasteiger partial charge on any atom is 0.416 e. The monoisotopic (exact) mass is 424 g/mol. The van der Waals surface area contributed by atoms with Crippen molar-refractivity contribution < 1.29 is 27.1 Å². The van der Waals surface area contributed by atoms with Crippen LogP contribution in [0, 0.1) is 5.82 Å². The average Bonchev–Trinajstić information content (AvgIpc) is 3.34. The lowest BCUT2D eigenvalue weighted by Crippen LogP contribution is -2.37. The van der Waals surface area contributed by atoms with Crippen LogP contribution in [0.3, 0.4) is 0 Å². The minimum absolute atomic E-state index is 0.112. The molecule has 0 radical (unpaired) electrons. The zero-order valence-corrected chi connectivity index (χ0v) is 15.9. The first-order valence-corrected chi connectivity index (χ1v) is 9.80. The number of hydrogen-bond donors (Lipinski definition) is 0. The molecule has 1 aromatic heterocycles. The summed E-state index contributed by atoms with van der Waals surface area (Å²) < 4.78 is 58.2. The summed E-state index contributed by atoms with van der Waals surface area (Å²) in [4.78, 5) is 18.9. The zero-order valence-electron chi connectivity index (χ0n) is 15.1. The van der Waals surface area contributed by atoms with E-state index < -0.39 is 23.5 Å². The van der Waals surface area contributed by atoms with Gasteiger partial charge in [0.15, 0.2) is 5.13 Å². The van der Waals surface area contributed by atoms with Gasteiger partial charge in [-0.1, -0.05) is 11.3 Å². The molecule has 2 heterocycles. The van der Waals surface area contributed by atoms with Gasteiger partial charge in [-0.15, -0.1) is 0 Å². The Kier molecular flexibility index (Phi) is 5.26. The number of thiazole rings is 1. The van der Waals surface area contributed by atoms with E-state index in [1.165, 1.54) is 23.1 Å². The molecule has 3 aromatic rings. The van der Waals surface area contributed by atoms with Crippen LogP contribution in [0.1, 0.15) is 28.8 Å². The Morgan fingerprint density at radius 2 is 1.97 bits per heavy atom. The third-order valence-corrected chi connectivity index (χ3v) is 5.73. The number of anilines is 1. The molecule has 1 unspecified atom stereocenters. The summed E-state index contributed by atoms with van der Waals surface area (Å²) >= 11 is 1.15. The number of carbonyl (C=O) groups is 1. The first-order chi connectivity index (χ1) is 13.8. The molecule has 0 N–H and O–H groups in total. The summed E-state index contributed by atoms with van der Waals surface area (Å²) in [6, 6.07) is 8.21. The minimum atomic E-state index is -4.48. The van der Waals surface area contributed by atoms with Gasteiger partial charge >= 0.3 is 6.18 Å². The standard InChI is InChI=1S/C20H16F4N2O2S/c21-14-7-8-16-17(10-14)29-19(25-16)26(11-15-2-1-9-28-15)18(27)12-3-5-13(6-4-12)20(22,23)24/h3-8,10,15H,1-2,9,11H2. The van der Waals surface area contributed by atoms with Crippen LogP contribution in [0.4, 0.5) is 22.7 Å². The molecule has 2 aromatic carbocycles. The highest BCUT2D eigenvalue weighted by atomic mass is 32.1. The summed E-state index contributed by atoms with van der Waals surface area (Å²) in [5.74, 6) is -0.888. The third kappa shape index (κ3) is 4.25. The molecule has 0 bridgehead atoms. The van der Waals surface area contributed by atoms with Crippen molar-refractivity contribution in [1.82, 2.24) is 4.98 Å². The van der Waals surface area contributed by atoms with E-state index in [9.17, 15) is 22.4 Å². The number of ether oxygens (including phenoxy) is 1. The van der Waals surface area contributed by atoms with Crippen molar-refractivity contribution in [1.29, 1.82) is 0 Å². The van der Waals surface area contributed by atoms with Gasteiger partial charge in [0.25, 0.3) is 5.91 Å². The summed E-state index contributed by atoms with van der Waals surface area (Å²) in [5, 5.41) is 0.353. The minimum Gasteiger partial charge on any atom is -0.376 e. The highest BCUT2D eigenvalue weighted by Gasteiger charge is 2.31. The zero-order chi connectivity index (χ0) is 20.6. The van der Waals surface area contributed by atoms with E-state index in [4.69, 9.17) is 4.74 Å². The van der Waals surface area contributed by atoms with Crippen LogP contribution >= 0.6 is 11.3 Å². The average molecular weight is 424 g/mol. The van der Waals surface area contributed by atoms with Crippen LogP contribution < -0.4 is 4.90 Å². The highest BCUT2D eigenvalue weighted by Crippen LogP contribution is 2.32. The molecule has 4 nitrogen and oxygen atoms in total. The topological polar surface area (TPSA) is 42.4 Å². The maximum atomic E-state index is 13.5. The van der Waals surface area contributed by atoms with Gasteiger partial charge in [0.05, 0.1) is 28.4 Å². The number of carbonyl (C=O) groups excluding carboxylic acids is 1. The van der Waals surface area contributed by atoms with Gasteiger partial charge in [-0.05, 0) is 55.3 Å². The molecule has 0 spiro atoms. The van der Waals surface area contributed by atoms with E-state index in [0.717, 1.165) is 48.4 Å².